The topological polar surface area (TPSA) is 102 Å². The number of hydrogen-bond donors (Lipinski definition) is 2. The number of amides is 2. The van der Waals surface area contributed by atoms with Crippen molar-refractivity contribution in [1.29, 1.82) is 0 Å². The monoisotopic (exact) mass is 410 g/mol. The molecular formula is C13H13F3N4O4S2. The fraction of sp³-hybridized carbons (Fsp3) is 0.308. The largest absolute Gasteiger partial charge is 0.508 e. The molecule has 2 N–H and O–H groups in total. The lowest BCUT2D eigenvalue weighted by atomic mass is 10.2. The number of halogens is 3. The molecule has 13 heteroatoms. The molecule has 0 aliphatic heterocycles. The van der Waals surface area contributed by atoms with E-state index in [1.54, 1.807) is 6.92 Å². The summed E-state index contributed by atoms with van der Waals surface area (Å²) in [5.41, 5.74) is -4.47. The molecule has 1 aromatic heterocycles. The van der Waals surface area contributed by atoms with Gasteiger partial charge in [-0.25, -0.2) is 14.0 Å². The van der Waals surface area contributed by atoms with Gasteiger partial charge >= 0.3 is 22.6 Å². The van der Waals surface area contributed by atoms with Gasteiger partial charge in [0, 0.05) is 18.2 Å². The van der Waals surface area contributed by atoms with Crippen molar-refractivity contribution in [3.8, 4) is 5.75 Å². The second kappa shape index (κ2) is 8.31. The van der Waals surface area contributed by atoms with Gasteiger partial charge in [0.25, 0.3) is 0 Å². The Bertz CT molecular complexity index is 854. The highest BCUT2D eigenvalue weighted by Crippen LogP contribution is 2.33. The second-order valence-corrected chi connectivity index (χ2v) is 6.64. The number of benzene rings is 1. The highest BCUT2D eigenvalue weighted by molar-refractivity contribution is 7.81. The van der Waals surface area contributed by atoms with Crippen LogP contribution in [0.1, 0.15) is 12.5 Å². The summed E-state index contributed by atoms with van der Waals surface area (Å²) >= 11 is -2.45. The number of oxime groups is 1. The van der Waals surface area contributed by atoms with Crippen LogP contribution in [0.15, 0.2) is 17.3 Å². The zero-order chi connectivity index (χ0) is 19.3. The zero-order valence-corrected chi connectivity index (χ0v) is 15.0. The number of nitrogens with one attached hydrogen (secondary N) is 2. The Balaban J connectivity index is 2.41. The van der Waals surface area contributed by atoms with Gasteiger partial charge in [-0.05, 0) is 13.0 Å². The van der Waals surface area contributed by atoms with Gasteiger partial charge in [-0.2, -0.15) is 13.2 Å². The van der Waals surface area contributed by atoms with Crippen molar-refractivity contribution in [3.63, 3.8) is 0 Å². The molecule has 2 aromatic rings. The van der Waals surface area contributed by atoms with Crippen LogP contribution < -0.4 is 14.8 Å². The summed E-state index contributed by atoms with van der Waals surface area (Å²) in [5.74, 6) is -0.319. The maximum Gasteiger partial charge on any atom is 0.508 e. The molecule has 0 saturated carbocycles. The number of urea groups is 1. The molecule has 8 nitrogen and oxygen atoms in total. The average Bonchev–Trinajstić information content (AvgIpc) is 2.94. The summed E-state index contributed by atoms with van der Waals surface area (Å²) in [6.07, 6.45) is 1.24. The summed E-state index contributed by atoms with van der Waals surface area (Å²) in [4.78, 5) is 20.3. The first-order chi connectivity index (χ1) is 12.2. The molecule has 2 amide bonds. The first kappa shape index (κ1) is 19.9. The molecule has 142 valence electrons. The lowest BCUT2D eigenvalue weighted by Gasteiger charge is -2.08. The van der Waals surface area contributed by atoms with Crippen molar-refractivity contribution in [2.45, 2.75) is 12.4 Å². The summed E-state index contributed by atoms with van der Waals surface area (Å²) in [7, 11) is 1.29. The fourth-order valence-corrected chi connectivity index (χ4v) is 3.06. The Kier molecular flexibility index (Phi) is 6.37. The SMILES string of the molecule is CCNC(=O)Nc1nc2cc(OS(=O)C(F)(F)F)cc(/C=N/OC)c2s1. The zero-order valence-electron chi connectivity index (χ0n) is 13.4. The van der Waals surface area contributed by atoms with Gasteiger partial charge in [0.2, 0.25) is 0 Å². The van der Waals surface area contributed by atoms with Crippen molar-refractivity contribution in [2.75, 3.05) is 19.0 Å². The Morgan fingerprint density at radius 1 is 1.46 bits per heavy atom. The van der Waals surface area contributed by atoms with Crippen LogP contribution in [0.5, 0.6) is 5.75 Å². The number of hydrogen-bond acceptors (Lipinski definition) is 7. The molecule has 0 bridgehead atoms. The van der Waals surface area contributed by atoms with Gasteiger partial charge in [0.15, 0.2) is 5.13 Å². The lowest BCUT2D eigenvalue weighted by Crippen LogP contribution is -2.28. The molecule has 0 saturated heterocycles. The molecule has 1 unspecified atom stereocenters. The van der Waals surface area contributed by atoms with E-state index >= 15 is 0 Å². The van der Waals surface area contributed by atoms with E-state index in [-0.39, 0.29) is 16.4 Å². The third-order valence-corrected chi connectivity index (χ3v) is 4.47. The predicted molar refractivity (Wildman–Crippen MR) is 91.7 cm³/mol. The third kappa shape index (κ3) is 5.05. The van der Waals surface area contributed by atoms with Crippen LogP contribution in [0, 0.1) is 0 Å². The van der Waals surface area contributed by atoms with Crippen molar-refractivity contribution < 1.29 is 31.2 Å². The van der Waals surface area contributed by atoms with E-state index in [9.17, 15) is 22.2 Å². The van der Waals surface area contributed by atoms with E-state index in [1.165, 1.54) is 25.5 Å². The maximum absolute atomic E-state index is 12.4. The van der Waals surface area contributed by atoms with Crippen molar-refractivity contribution in [3.05, 3.63) is 17.7 Å². The number of fused-ring (bicyclic) bond motifs is 1. The molecule has 1 atom stereocenters. The van der Waals surface area contributed by atoms with Crippen LogP contribution in [0.2, 0.25) is 0 Å². The number of thiazole rings is 1. The molecular weight excluding hydrogens is 397 g/mol. The van der Waals surface area contributed by atoms with Gasteiger partial charge in [-0.1, -0.05) is 16.5 Å². The molecule has 0 aliphatic carbocycles. The number of carbonyl (C=O) groups is 1. The van der Waals surface area contributed by atoms with Crippen LogP contribution >= 0.6 is 11.3 Å². The summed E-state index contributed by atoms with van der Waals surface area (Å²) in [6, 6.07) is 1.92. The molecule has 2 rings (SSSR count). The maximum atomic E-state index is 12.4. The Morgan fingerprint density at radius 3 is 2.81 bits per heavy atom. The smallest absolute Gasteiger partial charge is 0.399 e. The normalized spacial score (nSPS) is 13.0. The Hall–Kier alpha value is -2.41. The van der Waals surface area contributed by atoms with Crippen molar-refractivity contribution in [2.24, 2.45) is 5.16 Å². The van der Waals surface area contributed by atoms with Crippen LogP contribution in [0.3, 0.4) is 0 Å². The number of aromatic nitrogens is 1. The summed E-state index contributed by atoms with van der Waals surface area (Å²) in [6.45, 7) is 2.14. The van der Waals surface area contributed by atoms with E-state index in [2.05, 4.69) is 29.8 Å². The van der Waals surface area contributed by atoms with E-state index in [0.29, 0.717) is 16.8 Å². The number of carbonyl (C=O) groups excluding carboxylic acids is 1. The van der Waals surface area contributed by atoms with Gasteiger partial charge in [-0.3, -0.25) is 5.32 Å². The minimum absolute atomic E-state index is 0.215. The van der Waals surface area contributed by atoms with Crippen LogP contribution in [0.4, 0.5) is 23.1 Å². The van der Waals surface area contributed by atoms with Crippen LogP contribution in [0.25, 0.3) is 10.2 Å². The Labute approximate surface area is 152 Å². The lowest BCUT2D eigenvalue weighted by molar-refractivity contribution is -0.0437. The minimum Gasteiger partial charge on any atom is -0.399 e. The van der Waals surface area contributed by atoms with Gasteiger partial charge in [-0.15, -0.1) is 0 Å². The van der Waals surface area contributed by atoms with E-state index in [0.717, 1.165) is 11.3 Å². The van der Waals surface area contributed by atoms with Gasteiger partial charge in [0.05, 0.1) is 16.4 Å². The van der Waals surface area contributed by atoms with E-state index < -0.39 is 22.6 Å². The number of nitrogens with zero attached hydrogens (tertiary/aromatic N) is 2. The molecule has 0 aliphatic rings. The average molecular weight is 410 g/mol. The minimum atomic E-state index is -5.03. The quantitative estimate of drug-likeness (QED) is 0.563. The second-order valence-electron chi connectivity index (χ2n) is 4.55. The molecule has 26 heavy (non-hydrogen) atoms. The standard InChI is InChI=1S/C13H13F3N4O4S2/c1-3-17-11(21)20-12-19-9-5-8(24-26(22)13(14,15)16)4-7(6-18-23-2)10(9)25-12/h4-6H,3H2,1-2H3,(H2,17,19,20,21)/b18-6+. The molecule has 0 spiro atoms. The number of anilines is 1. The highest BCUT2D eigenvalue weighted by Gasteiger charge is 2.40. The molecule has 1 heterocycles. The number of alkyl halides is 3. The first-order valence-corrected chi connectivity index (χ1v) is 8.86. The van der Waals surface area contributed by atoms with Crippen LogP contribution in [-0.2, 0) is 15.9 Å². The Morgan fingerprint density at radius 2 is 2.19 bits per heavy atom. The van der Waals surface area contributed by atoms with Gasteiger partial charge in [0.1, 0.15) is 12.9 Å². The summed E-state index contributed by atoms with van der Waals surface area (Å²) < 4.78 is 53.4. The molecule has 0 fully saturated rings. The third-order valence-electron chi connectivity index (χ3n) is 2.71. The molecule has 1 aromatic carbocycles. The van der Waals surface area contributed by atoms with E-state index in [4.69, 9.17) is 0 Å². The van der Waals surface area contributed by atoms with Crippen molar-refractivity contribution >= 4 is 50.0 Å². The highest BCUT2D eigenvalue weighted by atomic mass is 32.2. The summed E-state index contributed by atoms with van der Waals surface area (Å²) in [5, 5.41) is 8.80. The number of rotatable bonds is 6. The molecule has 0 radical (unpaired) electrons. The van der Waals surface area contributed by atoms with Crippen LogP contribution in [-0.4, -0.2) is 40.6 Å². The first-order valence-electron chi connectivity index (χ1n) is 6.97. The fourth-order valence-electron chi connectivity index (χ4n) is 1.78. The van der Waals surface area contributed by atoms with E-state index in [1.807, 2.05) is 0 Å². The van der Waals surface area contributed by atoms with Gasteiger partial charge < -0.3 is 14.3 Å². The predicted octanol–water partition coefficient (Wildman–Crippen LogP) is 2.98. The van der Waals surface area contributed by atoms with Crippen molar-refractivity contribution in [1.82, 2.24) is 10.3 Å².